The minimum absolute atomic E-state index is 0.914. The number of hydrogen-bond acceptors (Lipinski definition) is 1. The lowest BCUT2D eigenvalue weighted by Gasteiger charge is -2.32. The van der Waals surface area contributed by atoms with Gasteiger partial charge in [-0.1, -0.05) is 54.6 Å². The highest BCUT2D eigenvalue weighted by molar-refractivity contribution is 5.87. The van der Waals surface area contributed by atoms with Gasteiger partial charge in [0.2, 0.25) is 0 Å². The van der Waals surface area contributed by atoms with E-state index in [-0.39, 0.29) is 0 Å². The zero-order valence-corrected chi connectivity index (χ0v) is 11.1. The molecule has 0 aromatic heterocycles. The van der Waals surface area contributed by atoms with Crippen molar-refractivity contribution in [3.63, 3.8) is 0 Å². The van der Waals surface area contributed by atoms with Crippen molar-refractivity contribution >= 4 is 11.4 Å². The second-order valence-electron chi connectivity index (χ2n) is 5.02. The lowest BCUT2D eigenvalue weighted by atomic mass is 9.93. The summed E-state index contributed by atoms with van der Waals surface area (Å²) in [6, 6.07) is 28.5. The number of rotatable bonds is 1. The third-order valence-electron chi connectivity index (χ3n) is 3.84. The van der Waals surface area contributed by atoms with Crippen molar-refractivity contribution < 1.29 is 0 Å². The molecule has 0 amide bonds. The summed E-state index contributed by atoms with van der Waals surface area (Å²) in [5.41, 5.74) is 6.52. The zero-order chi connectivity index (χ0) is 13.4. The monoisotopic (exact) mass is 256 g/mol. The van der Waals surface area contributed by atoms with Gasteiger partial charge in [0, 0.05) is 23.5 Å². The van der Waals surface area contributed by atoms with E-state index in [2.05, 4.69) is 71.6 Å². The molecule has 1 aliphatic heterocycles. The molecule has 3 aromatic carbocycles. The summed E-state index contributed by atoms with van der Waals surface area (Å²) in [6.07, 6.45) is 0. The van der Waals surface area contributed by atoms with Crippen LogP contribution >= 0.6 is 0 Å². The van der Waals surface area contributed by atoms with E-state index >= 15 is 0 Å². The van der Waals surface area contributed by atoms with Crippen LogP contribution in [0.15, 0.2) is 72.8 Å². The molecule has 1 radical (unpaired) electrons. The number of hydrogen-bond donors (Lipinski definition) is 0. The lowest BCUT2D eigenvalue weighted by molar-refractivity contribution is 0.961. The maximum absolute atomic E-state index is 3.09. The Labute approximate surface area is 119 Å². The topological polar surface area (TPSA) is 3.24 Å². The van der Waals surface area contributed by atoms with E-state index in [0.29, 0.717) is 0 Å². The summed E-state index contributed by atoms with van der Waals surface area (Å²) in [6.45, 7) is 0.914. The number of nitrogens with zero attached hydrogens (tertiary/aromatic N) is 1. The Hall–Kier alpha value is -2.54. The average Bonchev–Trinajstić information content (AvgIpc) is 2.55. The maximum atomic E-state index is 3.09. The van der Waals surface area contributed by atoms with Gasteiger partial charge in [0.1, 0.15) is 0 Å². The van der Waals surface area contributed by atoms with Crippen LogP contribution in [0.25, 0.3) is 11.1 Å². The van der Waals surface area contributed by atoms with Crippen LogP contribution in [0, 0.1) is 6.07 Å². The fourth-order valence-electron chi connectivity index (χ4n) is 2.90. The first kappa shape index (κ1) is 11.3. The van der Waals surface area contributed by atoms with Crippen LogP contribution < -0.4 is 4.90 Å². The predicted octanol–water partition coefficient (Wildman–Crippen LogP) is 4.81. The van der Waals surface area contributed by atoms with Gasteiger partial charge in [-0.2, -0.15) is 0 Å². The molecular weight excluding hydrogens is 242 g/mol. The van der Waals surface area contributed by atoms with Crippen LogP contribution in [0.2, 0.25) is 0 Å². The SMILES string of the molecule is [c]1ccc(N2Cc3ccccc3-c3ccccc32)cc1. The molecule has 95 valence electrons. The van der Waals surface area contributed by atoms with Gasteiger partial charge in [-0.15, -0.1) is 0 Å². The van der Waals surface area contributed by atoms with Crippen molar-refractivity contribution in [2.24, 2.45) is 0 Å². The minimum atomic E-state index is 0.914. The molecule has 4 rings (SSSR count). The molecule has 0 unspecified atom stereocenters. The van der Waals surface area contributed by atoms with Gasteiger partial charge in [0.25, 0.3) is 0 Å². The van der Waals surface area contributed by atoms with Crippen molar-refractivity contribution in [3.8, 4) is 11.1 Å². The van der Waals surface area contributed by atoms with Crippen molar-refractivity contribution in [3.05, 3.63) is 84.4 Å². The normalized spacial score (nSPS) is 12.7. The first-order valence-corrected chi connectivity index (χ1v) is 6.84. The molecule has 0 spiro atoms. The van der Waals surface area contributed by atoms with E-state index in [1.54, 1.807) is 0 Å². The van der Waals surface area contributed by atoms with Crippen molar-refractivity contribution in [1.82, 2.24) is 0 Å². The summed E-state index contributed by atoms with van der Waals surface area (Å²) in [4.78, 5) is 2.37. The molecule has 0 saturated carbocycles. The molecular formula is C19H14N. The molecule has 1 aliphatic rings. The molecule has 1 heteroatoms. The number of para-hydroxylation sites is 1. The average molecular weight is 256 g/mol. The summed E-state index contributed by atoms with van der Waals surface area (Å²) >= 11 is 0. The van der Waals surface area contributed by atoms with Gasteiger partial charge in [-0.05, 0) is 35.4 Å². The second-order valence-corrected chi connectivity index (χ2v) is 5.02. The van der Waals surface area contributed by atoms with E-state index in [1.807, 2.05) is 12.1 Å². The third kappa shape index (κ3) is 1.71. The summed E-state index contributed by atoms with van der Waals surface area (Å²) in [5, 5.41) is 0. The fourth-order valence-corrected chi connectivity index (χ4v) is 2.90. The van der Waals surface area contributed by atoms with Gasteiger partial charge >= 0.3 is 0 Å². The van der Waals surface area contributed by atoms with Crippen molar-refractivity contribution in [1.29, 1.82) is 0 Å². The second kappa shape index (κ2) is 4.53. The van der Waals surface area contributed by atoms with E-state index in [9.17, 15) is 0 Å². The highest BCUT2D eigenvalue weighted by Crippen LogP contribution is 2.42. The lowest BCUT2D eigenvalue weighted by Crippen LogP contribution is -2.21. The molecule has 1 nitrogen and oxygen atoms in total. The highest BCUT2D eigenvalue weighted by Gasteiger charge is 2.21. The predicted molar refractivity (Wildman–Crippen MR) is 83.0 cm³/mol. The van der Waals surface area contributed by atoms with Crippen LogP contribution in [0.4, 0.5) is 11.4 Å². The first-order chi connectivity index (χ1) is 9.93. The van der Waals surface area contributed by atoms with Crippen LogP contribution in [-0.4, -0.2) is 0 Å². The summed E-state index contributed by atoms with van der Waals surface area (Å²) in [5.74, 6) is 0. The van der Waals surface area contributed by atoms with Gasteiger partial charge in [0.05, 0.1) is 0 Å². The molecule has 0 atom stereocenters. The Bertz CT molecular complexity index is 746. The highest BCUT2D eigenvalue weighted by atomic mass is 15.1. The van der Waals surface area contributed by atoms with Crippen molar-refractivity contribution in [2.45, 2.75) is 6.54 Å². The zero-order valence-electron chi connectivity index (χ0n) is 11.1. The fraction of sp³-hybridized carbons (Fsp3) is 0.0526. The molecule has 0 fully saturated rings. The molecule has 20 heavy (non-hydrogen) atoms. The number of anilines is 2. The molecule has 1 heterocycles. The Morgan fingerprint density at radius 3 is 2.30 bits per heavy atom. The quantitative estimate of drug-likeness (QED) is 0.604. The van der Waals surface area contributed by atoms with Crippen LogP contribution in [-0.2, 0) is 6.54 Å². The Morgan fingerprint density at radius 1 is 0.750 bits per heavy atom. The first-order valence-electron chi connectivity index (χ1n) is 6.84. The van der Waals surface area contributed by atoms with E-state index in [4.69, 9.17) is 0 Å². The Morgan fingerprint density at radius 2 is 1.45 bits per heavy atom. The van der Waals surface area contributed by atoms with E-state index < -0.39 is 0 Å². The molecule has 0 saturated heterocycles. The van der Waals surface area contributed by atoms with E-state index in [0.717, 1.165) is 6.54 Å². The Kier molecular flexibility index (Phi) is 2.56. The van der Waals surface area contributed by atoms with Crippen LogP contribution in [0.5, 0.6) is 0 Å². The van der Waals surface area contributed by atoms with Crippen LogP contribution in [0.3, 0.4) is 0 Å². The molecule has 0 N–H and O–H groups in total. The van der Waals surface area contributed by atoms with Gasteiger partial charge in [-0.25, -0.2) is 0 Å². The van der Waals surface area contributed by atoms with E-state index in [1.165, 1.54) is 28.1 Å². The standard InChI is InChI=1S/C19H14N/c1-2-9-16(10-3-1)20-14-15-8-4-5-11-17(15)18-12-6-7-13-19(18)20/h2-13H,14H2. The maximum Gasteiger partial charge on any atom is 0.0493 e. The molecule has 0 bridgehead atoms. The van der Waals surface area contributed by atoms with Gasteiger partial charge < -0.3 is 4.90 Å². The number of fused-ring (bicyclic) bond motifs is 3. The smallest absolute Gasteiger partial charge is 0.0493 e. The van der Waals surface area contributed by atoms with Gasteiger partial charge in [-0.3, -0.25) is 0 Å². The third-order valence-corrected chi connectivity index (χ3v) is 3.84. The van der Waals surface area contributed by atoms with Crippen LogP contribution in [0.1, 0.15) is 5.56 Å². The van der Waals surface area contributed by atoms with Crippen molar-refractivity contribution in [2.75, 3.05) is 4.90 Å². The molecule has 0 aliphatic carbocycles. The minimum Gasteiger partial charge on any atom is -0.336 e. The summed E-state index contributed by atoms with van der Waals surface area (Å²) < 4.78 is 0. The molecule has 3 aromatic rings. The Balaban J connectivity index is 1.93. The summed E-state index contributed by atoms with van der Waals surface area (Å²) in [7, 11) is 0. The van der Waals surface area contributed by atoms with Gasteiger partial charge in [0.15, 0.2) is 0 Å². The number of benzene rings is 3. The largest absolute Gasteiger partial charge is 0.336 e.